The Bertz CT molecular complexity index is 423. The molecule has 1 unspecified atom stereocenters. The van der Waals surface area contributed by atoms with Crippen LogP contribution in [-0.4, -0.2) is 12.7 Å². The molecule has 0 radical (unpaired) electrons. The molecule has 1 aromatic rings. The average Bonchev–Trinajstić information content (AvgIpc) is 2.75. The fourth-order valence-corrected chi connectivity index (χ4v) is 2.91. The fourth-order valence-electron chi connectivity index (χ4n) is 2.91. The molecule has 2 N–H and O–H groups in total. The highest BCUT2D eigenvalue weighted by Crippen LogP contribution is 2.26. The Balaban J connectivity index is 2.03. The summed E-state index contributed by atoms with van der Waals surface area (Å²) in [5.74, 6) is 0.926. The second-order valence-electron chi connectivity index (χ2n) is 6.01. The summed E-state index contributed by atoms with van der Waals surface area (Å²) in [5, 5.41) is 0. The number of ether oxygens (including phenoxy) is 2. The van der Waals surface area contributed by atoms with Crippen LogP contribution in [0, 0.1) is 0 Å². The third-order valence-corrected chi connectivity index (χ3v) is 4.19. The van der Waals surface area contributed by atoms with Gasteiger partial charge >= 0.3 is 0 Å². The van der Waals surface area contributed by atoms with Crippen LogP contribution < -0.4 is 10.5 Å². The van der Waals surface area contributed by atoms with Crippen LogP contribution in [0.3, 0.4) is 0 Å². The van der Waals surface area contributed by atoms with Gasteiger partial charge in [-0.05, 0) is 44.4 Å². The van der Waals surface area contributed by atoms with E-state index in [0.717, 1.165) is 16.9 Å². The summed E-state index contributed by atoms with van der Waals surface area (Å²) in [7, 11) is 0. The molecule has 0 aromatic heterocycles. The molecule has 3 nitrogen and oxygen atoms in total. The topological polar surface area (TPSA) is 44.5 Å². The second-order valence-corrected chi connectivity index (χ2v) is 6.01. The zero-order valence-electron chi connectivity index (χ0n) is 13.4. The Kier molecular flexibility index (Phi) is 6.52. The van der Waals surface area contributed by atoms with Crippen molar-refractivity contribution >= 4 is 0 Å². The van der Waals surface area contributed by atoms with E-state index in [2.05, 4.69) is 6.07 Å². The van der Waals surface area contributed by atoms with Gasteiger partial charge in [0, 0.05) is 11.6 Å². The van der Waals surface area contributed by atoms with E-state index in [0.29, 0.717) is 19.3 Å². The molecule has 0 spiro atoms. The van der Waals surface area contributed by atoms with Crippen molar-refractivity contribution in [2.75, 3.05) is 6.61 Å². The predicted octanol–water partition coefficient (Wildman–Crippen LogP) is 4.34. The van der Waals surface area contributed by atoms with Crippen molar-refractivity contribution in [2.45, 2.75) is 71.1 Å². The van der Waals surface area contributed by atoms with Crippen LogP contribution >= 0.6 is 0 Å². The van der Waals surface area contributed by atoms with Crippen LogP contribution in [0.1, 0.15) is 69.5 Å². The quantitative estimate of drug-likeness (QED) is 0.793. The molecule has 2 rings (SSSR count). The summed E-state index contributed by atoms with van der Waals surface area (Å²) in [6, 6.07) is 6.24. The van der Waals surface area contributed by atoms with Gasteiger partial charge in [0.05, 0.1) is 19.3 Å². The first kappa shape index (κ1) is 16.3. The van der Waals surface area contributed by atoms with Crippen LogP contribution in [0.5, 0.6) is 5.75 Å². The Morgan fingerprint density at radius 2 is 1.90 bits per heavy atom. The molecule has 0 heterocycles. The molecule has 1 atom stereocenters. The molecule has 0 aliphatic heterocycles. The maximum absolute atomic E-state index is 6.15. The highest BCUT2D eigenvalue weighted by molar-refractivity contribution is 5.38. The first-order chi connectivity index (χ1) is 10.2. The molecule has 118 valence electrons. The van der Waals surface area contributed by atoms with Crippen molar-refractivity contribution in [3.63, 3.8) is 0 Å². The van der Waals surface area contributed by atoms with Crippen molar-refractivity contribution in [3.05, 3.63) is 29.3 Å². The molecule has 3 heteroatoms. The van der Waals surface area contributed by atoms with Crippen molar-refractivity contribution in [2.24, 2.45) is 5.73 Å². The maximum atomic E-state index is 6.15. The molecule has 0 bridgehead atoms. The summed E-state index contributed by atoms with van der Waals surface area (Å²) < 4.78 is 11.9. The minimum Gasteiger partial charge on any atom is -0.494 e. The maximum Gasteiger partial charge on any atom is 0.124 e. The number of hydrogen-bond donors (Lipinski definition) is 1. The van der Waals surface area contributed by atoms with E-state index in [-0.39, 0.29) is 6.04 Å². The number of hydrogen-bond acceptors (Lipinski definition) is 3. The van der Waals surface area contributed by atoms with Gasteiger partial charge in [-0.2, -0.15) is 0 Å². The van der Waals surface area contributed by atoms with E-state index >= 15 is 0 Å². The van der Waals surface area contributed by atoms with E-state index in [1.54, 1.807) is 0 Å². The van der Waals surface area contributed by atoms with Crippen LogP contribution in [0.4, 0.5) is 0 Å². The summed E-state index contributed by atoms with van der Waals surface area (Å²) in [6.07, 6.45) is 8.08. The number of benzene rings is 1. The van der Waals surface area contributed by atoms with E-state index in [9.17, 15) is 0 Å². The zero-order valence-corrected chi connectivity index (χ0v) is 13.4. The standard InChI is InChI=1S/C18H29NO2/c1-3-20-18-11-10-15(14(2)19)12-16(18)13-21-17-8-6-4-5-7-9-17/h10-12,14,17H,3-9,13,19H2,1-2H3. The molecular formula is C18H29NO2. The molecule has 1 aromatic carbocycles. The molecule has 0 amide bonds. The zero-order chi connectivity index (χ0) is 15.1. The lowest BCUT2D eigenvalue weighted by atomic mass is 10.0. The third kappa shape index (κ3) is 5.01. The van der Waals surface area contributed by atoms with Gasteiger partial charge in [-0.15, -0.1) is 0 Å². The first-order valence-electron chi connectivity index (χ1n) is 8.33. The van der Waals surface area contributed by atoms with Gasteiger partial charge in [-0.1, -0.05) is 31.7 Å². The van der Waals surface area contributed by atoms with E-state index < -0.39 is 0 Å². The SMILES string of the molecule is CCOc1ccc(C(C)N)cc1COC1CCCCCC1. The molecule has 1 aliphatic carbocycles. The monoisotopic (exact) mass is 291 g/mol. The summed E-state index contributed by atoms with van der Waals surface area (Å²) in [5.41, 5.74) is 8.24. The van der Waals surface area contributed by atoms with Gasteiger partial charge in [0.2, 0.25) is 0 Å². The lowest BCUT2D eigenvalue weighted by molar-refractivity contribution is 0.0298. The van der Waals surface area contributed by atoms with Gasteiger partial charge in [-0.3, -0.25) is 0 Å². The van der Waals surface area contributed by atoms with E-state index in [1.807, 2.05) is 26.0 Å². The normalized spacial score (nSPS) is 18.2. The molecule has 0 saturated heterocycles. The van der Waals surface area contributed by atoms with Crippen molar-refractivity contribution < 1.29 is 9.47 Å². The van der Waals surface area contributed by atoms with Gasteiger partial charge in [0.1, 0.15) is 5.75 Å². The van der Waals surface area contributed by atoms with Gasteiger partial charge in [0.25, 0.3) is 0 Å². The van der Waals surface area contributed by atoms with Crippen LogP contribution in [-0.2, 0) is 11.3 Å². The third-order valence-electron chi connectivity index (χ3n) is 4.19. The van der Waals surface area contributed by atoms with Gasteiger partial charge < -0.3 is 15.2 Å². The number of nitrogens with two attached hydrogens (primary N) is 1. The van der Waals surface area contributed by atoms with Crippen LogP contribution in [0.15, 0.2) is 18.2 Å². The highest BCUT2D eigenvalue weighted by atomic mass is 16.5. The fraction of sp³-hybridized carbons (Fsp3) is 0.667. The second kappa shape index (κ2) is 8.40. The minimum atomic E-state index is 0.0392. The summed E-state index contributed by atoms with van der Waals surface area (Å²) >= 11 is 0. The summed E-state index contributed by atoms with van der Waals surface area (Å²) in [4.78, 5) is 0. The van der Waals surface area contributed by atoms with Crippen molar-refractivity contribution in [3.8, 4) is 5.75 Å². The van der Waals surface area contributed by atoms with Crippen molar-refractivity contribution in [1.29, 1.82) is 0 Å². The molecular weight excluding hydrogens is 262 g/mol. The largest absolute Gasteiger partial charge is 0.494 e. The van der Waals surface area contributed by atoms with Crippen LogP contribution in [0.2, 0.25) is 0 Å². The van der Waals surface area contributed by atoms with E-state index in [4.69, 9.17) is 15.2 Å². The molecule has 21 heavy (non-hydrogen) atoms. The Morgan fingerprint density at radius 3 is 2.52 bits per heavy atom. The Morgan fingerprint density at radius 1 is 1.19 bits per heavy atom. The lowest BCUT2D eigenvalue weighted by Crippen LogP contribution is -2.13. The number of rotatable bonds is 6. The van der Waals surface area contributed by atoms with Gasteiger partial charge in [-0.25, -0.2) is 0 Å². The summed E-state index contributed by atoms with van der Waals surface area (Å²) in [6.45, 7) is 5.32. The van der Waals surface area contributed by atoms with E-state index in [1.165, 1.54) is 38.5 Å². The van der Waals surface area contributed by atoms with Crippen LogP contribution in [0.25, 0.3) is 0 Å². The molecule has 1 aliphatic rings. The predicted molar refractivity (Wildman–Crippen MR) is 86.5 cm³/mol. The lowest BCUT2D eigenvalue weighted by Gasteiger charge is -2.18. The highest BCUT2D eigenvalue weighted by Gasteiger charge is 2.14. The van der Waals surface area contributed by atoms with Gasteiger partial charge in [0.15, 0.2) is 0 Å². The first-order valence-corrected chi connectivity index (χ1v) is 8.33. The smallest absolute Gasteiger partial charge is 0.124 e. The Hall–Kier alpha value is -1.06. The molecule has 1 fully saturated rings. The molecule has 1 saturated carbocycles. The minimum absolute atomic E-state index is 0.0392. The Labute approximate surface area is 128 Å². The van der Waals surface area contributed by atoms with Crippen molar-refractivity contribution in [1.82, 2.24) is 0 Å². The average molecular weight is 291 g/mol.